The van der Waals surface area contributed by atoms with Crippen LogP contribution in [-0.4, -0.2) is 92.3 Å². The number of sulfonamides is 1. The fourth-order valence-electron chi connectivity index (χ4n) is 5.02. The molecule has 1 heterocycles. The van der Waals surface area contributed by atoms with Crippen molar-refractivity contribution < 1.29 is 32.6 Å². The number of ether oxygens (including phenoxy) is 2. The van der Waals surface area contributed by atoms with Gasteiger partial charge < -0.3 is 30.1 Å². The number of carbonyl (C=O) groups is 2. The largest absolute Gasteiger partial charge is 0.490 e. The van der Waals surface area contributed by atoms with Crippen LogP contribution in [0.1, 0.15) is 64.2 Å². The molecule has 0 saturated heterocycles. The van der Waals surface area contributed by atoms with E-state index in [4.69, 9.17) is 9.47 Å². The van der Waals surface area contributed by atoms with Crippen molar-refractivity contribution in [2.75, 3.05) is 38.7 Å². The Morgan fingerprint density at radius 2 is 1.82 bits per heavy atom. The van der Waals surface area contributed by atoms with Crippen molar-refractivity contribution in [1.82, 2.24) is 14.5 Å². The quantitative estimate of drug-likeness (QED) is 0.394. The van der Waals surface area contributed by atoms with Gasteiger partial charge in [-0.3, -0.25) is 4.79 Å². The van der Waals surface area contributed by atoms with Crippen LogP contribution < -0.4 is 15.4 Å². The minimum atomic E-state index is -3.76. The highest BCUT2D eigenvalue weighted by molar-refractivity contribution is 7.89. The molecule has 0 spiro atoms. The minimum absolute atomic E-state index is 0.0719. The Morgan fingerprint density at radius 3 is 2.48 bits per heavy atom. The highest BCUT2D eigenvalue weighted by atomic mass is 32.2. The third-order valence-electron chi connectivity index (χ3n) is 7.62. The zero-order valence-corrected chi connectivity index (χ0v) is 27.5. The number of likely N-dealkylation sites (N-methyl/N-ethyl adjacent to an activating group) is 1. The minimum Gasteiger partial charge on any atom is -0.490 e. The first-order valence-corrected chi connectivity index (χ1v) is 16.7. The van der Waals surface area contributed by atoms with Gasteiger partial charge in [-0.25, -0.2) is 13.2 Å². The van der Waals surface area contributed by atoms with Crippen molar-refractivity contribution in [3.63, 3.8) is 0 Å². The van der Waals surface area contributed by atoms with Crippen LogP contribution in [-0.2, 0) is 14.8 Å². The summed E-state index contributed by atoms with van der Waals surface area (Å²) in [5, 5.41) is 15.7. The smallest absolute Gasteiger partial charge is 0.319 e. The number of hydrogen-bond donors (Lipinski definition) is 3. The number of rotatable bonds is 8. The van der Waals surface area contributed by atoms with E-state index in [2.05, 4.69) is 10.6 Å². The number of nitrogens with zero attached hydrogens (tertiary/aromatic N) is 2. The molecule has 3 N–H and O–H groups in total. The SMILES string of the molecule is CC(C)NC(=O)Nc1ccc2c(c1)C(=O)N([C@@H](C)CO)C[C@H](C)[C@H](CN(C)S(=O)(=O)c1ccccc1)OCCCC[C@H](C)O2. The number of hydrogen-bond acceptors (Lipinski definition) is 7. The Balaban J connectivity index is 1.96. The molecule has 0 bridgehead atoms. The van der Waals surface area contributed by atoms with E-state index in [1.807, 2.05) is 27.7 Å². The van der Waals surface area contributed by atoms with Crippen LogP contribution in [0.25, 0.3) is 0 Å². The molecule has 1 aliphatic rings. The molecule has 44 heavy (non-hydrogen) atoms. The van der Waals surface area contributed by atoms with Gasteiger partial charge in [0.1, 0.15) is 5.75 Å². The van der Waals surface area contributed by atoms with Gasteiger partial charge in [-0.05, 0) is 77.3 Å². The van der Waals surface area contributed by atoms with Crippen molar-refractivity contribution in [3.05, 3.63) is 54.1 Å². The summed E-state index contributed by atoms with van der Waals surface area (Å²) in [6.07, 6.45) is 1.55. The van der Waals surface area contributed by atoms with E-state index in [1.165, 1.54) is 11.4 Å². The standard InChI is InChI=1S/C32H48N4O7S/c1-22(2)33-32(39)34-26-15-16-29-28(18-26)31(38)36(24(4)21-37)19-23(3)30(42-17-11-10-12-25(5)43-29)20-35(6)44(40,41)27-13-8-7-9-14-27/h7-9,13-16,18,22-25,30,37H,10-12,17,19-21H2,1-6H3,(H2,33,34,39)/t23-,24-,25-,30-/m0/s1. The Hall–Kier alpha value is -3.19. The van der Waals surface area contributed by atoms with Gasteiger partial charge in [0.2, 0.25) is 10.0 Å². The molecule has 0 radical (unpaired) electrons. The second kappa shape index (κ2) is 16.2. The Bertz CT molecular complexity index is 1340. The number of benzene rings is 2. The van der Waals surface area contributed by atoms with Gasteiger partial charge in [0.25, 0.3) is 5.91 Å². The van der Waals surface area contributed by atoms with Crippen LogP contribution in [0.3, 0.4) is 0 Å². The van der Waals surface area contributed by atoms with Crippen LogP contribution in [0, 0.1) is 5.92 Å². The third-order valence-corrected chi connectivity index (χ3v) is 9.46. The van der Waals surface area contributed by atoms with E-state index in [9.17, 15) is 23.1 Å². The molecule has 244 valence electrons. The number of amides is 3. The molecule has 0 fully saturated rings. The third kappa shape index (κ3) is 9.65. The molecule has 0 saturated carbocycles. The maximum atomic E-state index is 14.2. The molecule has 3 amide bonds. The Morgan fingerprint density at radius 1 is 1.11 bits per heavy atom. The summed E-state index contributed by atoms with van der Waals surface area (Å²) in [5.74, 6) is -0.293. The van der Waals surface area contributed by atoms with E-state index in [0.29, 0.717) is 24.5 Å². The lowest BCUT2D eigenvalue weighted by Gasteiger charge is -2.35. The molecule has 0 aliphatic carbocycles. The second-order valence-electron chi connectivity index (χ2n) is 11.9. The first-order valence-electron chi connectivity index (χ1n) is 15.3. The van der Waals surface area contributed by atoms with E-state index >= 15 is 0 Å². The molecule has 2 aromatic carbocycles. The summed E-state index contributed by atoms with van der Waals surface area (Å²) in [6.45, 7) is 9.71. The predicted molar refractivity (Wildman–Crippen MR) is 170 cm³/mol. The van der Waals surface area contributed by atoms with Gasteiger partial charge in [0.05, 0.1) is 35.3 Å². The summed E-state index contributed by atoms with van der Waals surface area (Å²) < 4.78 is 40.4. The fraction of sp³-hybridized carbons (Fsp3) is 0.562. The summed E-state index contributed by atoms with van der Waals surface area (Å²) in [5.41, 5.74) is 0.677. The van der Waals surface area contributed by atoms with Crippen molar-refractivity contribution in [1.29, 1.82) is 0 Å². The van der Waals surface area contributed by atoms with Gasteiger partial charge in [-0.1, -0.05) is 25.1 Å². The molecule has 0 aromatic heterocycles. The maximum Gasteiger partial charge on any atom is 0.319 e. The van der Waals surface area contributed by atoms with Crippen molar-refractivity contribution in [3.8, 4) is 5.75 Å². The topological polar surface area (TPSA) is 138 Å². The summed E-state index contributed by atoms with van der Waals surface area (Å²) in [7, 11) is -2.23. The van der Waals surface area contributed by atoms with Gasteiger partial charge in [0, 0.05) is 44.4 Å². The zero-order chi connectivity index (χ0) is 32.4. The summed E-state index contributed by atoms with van der Waals surface area (Å²) >= 11 is 0. The molecule has 11 nitrogen and oxygen atoms in total. The Labute approximate surface area is 262 Å². The van der Waals surface area contributed by atoms with E-state index < -0.39 is 28.2 Å². The van der Waals surface area contributed by atoms with Crippen LogP contribution >= 0.6 is 0 Å². The average molecular weight is 633 g/mol. The van der Waals surface area contributed by atoms with Crippen molar-refractivity contribution >= 4 is 27.6 Å². The molecule has 2 aromatic rings. The molecule has 3 rings (SSSR count). The number of anilines is 1. The zero-order valence-electron chi connectivity index (χ0n) is 26.7. The number of fused-ring (bicyclic) bond motifs is 1. The Kier molecular flexibility index (Phi) is 13.0. The van der Waals surface area contributed by atoms with Crippen LogP contribution in [0.5, 0.6) is 5.75 Å². The first-order chi connectivity index (χ1) is 20.8. The van der Waals surface area contributed by atoms with Crippen molar-refractivity contribution in [2.45, 2.75) is 83.1 Å². The lowest BCUT2D eigenvalue weighted by molar-refractivity contribution is -0.00833. The van der Waals surface area contributed by atoms with E-state index in [-0.39, 0.29) is 54.1 Å². The number of aliphatic hydroxyl groups is 1. The van der Waals surface area contributed by atoms with Gasteiger partial charge in [-0.2, -0.15) is 4.31 Å². The van der Waals surface area contributed by atoms with Gasteiger partial charge in [0.15, 0.2) is 0 Å². The van der Waals surface area contributed by atoms with E-state index in [0.717, 1.165) is 12.8 Å². The fourth-order valence-corrected chi connectivity index (χ4v) is 6.22. The molecular formula is C32H48N4O7S. The normalized spacial score (nSPS) is 21.2. The molecule has 1 aliphatic heterocycles. The van der Waals surface area contributed by atoms with Gasteiger partial charge in [-0.15, -0.1) is 0 Å². The summed E-state index contributed by atoms with van der Waals surface area (Å²) in [6, 6.07) is 12.2. The number of carbonyl (C=O) groups excluding carboxylic acids is 2. The molecule has 0 unspecified atom stereocenters. The molecule has 12 heteroatoms. The predicted octanol–water partition coefficient (Wildman–Crippen LogP) is 4.33. The van der Waals surface area contributed by atoms with Crippen LogP contribution in [0.15, 0.2) is 53.4 Å². The molecule has 4 atom stereocenters. The first kappa shape index (κ1) is 35.3. The van der Waals surface area contributed by atoms with Crippen LogP contribution in [0.2, 0.25) is 0 Å². The number of nitrogens with one attached hydrogen (secondary N) is 2. The molecular weight excluding hydrogens is 584 g/mol. The van der Waals surface area contributed by atoms with Crippen LogP contribution in [0.4, 0.5) is 10.5 Å². The second-order valence-corrected chi connectivity index (χ2v) is 13.9. The number of urea groups is 1. The lowest BCUT2D eigenvalue weighted by atomic mass is 10.0. The summed E-state index contributed by atoms with van der Waals surface area (Å²) in [4.78, 5) is 28.4. The van der Waals surface area contributed by atoms with E-state index in [1.54, 1.807) is 60.4 Å². The highest BCUT2D eigenvalue weighted by Crippen LogP contribution is 2.29. The lowest BCUT2D eigenvalue weighted by Crippen LogP contribution is -2.48. The van der Waals surface area contributed by atoms with Crippen molar-refractivity contribution in [2.24, 2.45) is 5.92 Å². The number of aliphatic hydroxyl groups excluding tert-OH is 1. The average Bonchev–Trinajstić information content (AvgIpc) is 2.98. The van der Waals surface area contributed by atoms with Gasteiger partial charge >= 0.3 is 6.03 Å². The highest BCUT2D eigenvalue weighted by Gasteiger charge is 2.32. The monoisotopic (exact) mass is 632 g/mol. The maximum absolute atomic E-state index is 14.2.